The molecular formula is C19H21N5O. The Bertz CT molecular complexity index is 798. The first kappa shape index (κ1) is 15.6. The van der Waals surface area contributed by atoms with Gasteiger partial charge in [0, 0.05) is 37.9 Å². The van der Waals surface area contributed by atoms with Crippen LogP contribution in [0, 0.1) is 0 Å². The lowest BCUT2D eigenvalue weighted by molar-refractivity contribution is -0.135. The Morgan fingerprint density at radius 3 is 2.56 bits per heavy atom. The van der Waals surface area contributed by atoms with Gasteiger partial charge in [0.05, 0.1) is 6.04 Å². The van der Waals surface area contributed by atoms with Crippen molar-refractivity contribution < 1.29 is 4.79 Å². The molecule has 25 heavy (non-hydrogen) atoms. The molecule has 0 bridgehead atoms. The summed E-state index contributed by atoms with van der Waals surface area (Å²) < 4.78 is 3.71. The number of piperidine rings is 1. The molecule has 0 N–H and O–H groups in total. The van der Waals surface area contributed by atoms with E-state index >= 15 is 0 Å². The van der Waals surface area contributed by atoms with E-state index in [1.165, 1.54) is 0 Å². The molecule has 2 unspecified atom stereocenters. The van der Waals surface area contributed by atoms with Crippen molar-refractivity contribution in [1.29, 1.82) is 0 Å². The molecule has 0 spiro atoms. The largest absolute Gasteiger partial charge is 0.338 e. The van der Waals surface area contributed by atoms with Crippen LogP contribution in [0.25, 0.3) is 0 Å². The molecule has 1 aliphatic rings. The fraction of sp³-hybridized carbons (Fsp3) is 0.316. The number of rotatable bonds is 4. The molecule has 3 heterocycles. The molecule has 2 atom stereocenters. The average molecular weight is 335 g/mol. The molecule has 1 aliphatic heterocycles. The molecule has 0 aliphatic carbocycles. The molecule has 6 heteroatoms. The summed E-state index contributed by atoms with van der Waals surface area (Å²) in [5.74, 6) is 0.0896. The number of aromatic nitrogens is 4. The smallest absolute Gasteiger partial charge is 0.252 e. The summed E-state index contributed by atoms with van der Waals surface area (Å²) in [5.41, 5.74) is 0.956. The number of likely N-dealkylation sites (tertiary alicyclic amines) is 1. The summed E-state index contributed by atoms with van der Waals surface area (Å²) in [5, 5.41) is 8.68. The highest BCUT2D eigenvalue weighted by molar-refractivity contribution is 5.83. The first-order valence-electron chi connectivity index (χ1n) is 8.65. The van der Waals surface area contributed by atoms with E-state index in [1.54, 1.807) is 17.1 Å². The summed E-state index contributed by atoms with van der Waals surface area (Å²) in [6, 6.07) is 13.4. The van der Waals surface area contributed by atoms with Gasteiger partial charge in [-0.05, 0) is 30.5 Å². The highest BCUT2D eigenvalue weighted by Gasteiger charge is 2.31. The molecular weight excluding hydrogens is 314 g/mol. The third-order valence-corrected chi connectivity index (χ3v) is 4.75. The fourth-order valence-electron chi connectivity index (χ4n) is 3.52. The summed E-state index contributed by atoms with van der Waals surface area (Å²) >= 11 is 0. The van der Waals surface area contributed by atoms with E-state index in [1.807, 2.05) is 64.4 Å². The second kappa shape index (κ2) is 6.93. The number of benzene rings is 1. The second-order valence-corrected chi connectivity index (χ2v) is 6.37. The van der Waals surface area contributed by atoms with Crippen molar-refractivity contribution in [1.82, 2.24) is 24.5 Å². The van der Waals surface area contributed by atoms with E-state index in [2.05, 4.69) is 10.2 Å². The van der Waals surface area contributed by atoms with Crippen molar-refractivity contribution in [2.75, 3.05) is 13.1 Å². The molecule has 128 valence electrons. The summed E-state index contributed by atoms with van der Waals surface area (Å²) in [6.45, 7) is 1.46. The fourth-order valence-corrected chi connectivity index (χ4v) is 3.52. The molecule has 1 fully saturated rings. The number of carbonyl (C=O) groups is 1. The van der Waals surface area contributed by atoms with Gasteiger partial charge in [-0.15, -0.1) is 0 Å². The lowest BCUT2D eigenvalue weighted by Crippen LogP contribution is -2.44. The minimum absolute atomic E-state index is 0.0896. The summed E-state index contributed by atoms with van der Waals surface area (Å²) in [7, 11) is 0. The van der Waals surface area contributed by atoms with Gasteiger partial charge in [0.15, 0.2) is 6.04 Å². The number of carbonyl (C=O) groups excluding carboxylic acids is 1. The molecule has 6 nitrogen and oxygen atoms in total. The van der Waals surface area contributed by atoms with Gasteiger partial charge in [0.25, 0.3) is 5.91 Å². The minimum atomic E-state index is -0.424. The lowest BCUT2D eigenvalue weighted by atomic mass is 10.0. The zero-order valence-corrected chi connectivity index (χ0v) is 14.0. The van der Waals surface area contributed by atoms with Gasteiger partial charge in [-0.25, -0.2) is 0 Å². The highest BCUT2D eigenvalue weighted by Crippen LogP contribution is 2.26. The lowest BCUT2D eigenvalue weighted by Gasteiger charge is -2.35. The monoisotopic (exact) mass is 335 g/mol. The maximum Gasteiger partial charge on any atom is 0.252 e. The molecule has 1 saturated heterocycles. The van der Waals surface area contributed by atoms with Crippen LogP contribution in [0.15, 0.2) is 67.3 Å². The first-order valence-corrected chi connectivity index (χ1v) is 8.65. The molecule has 0 radical (unpaired) electrons. The maximum absolute atomic E-state index is 13.3. The van der Waals surface area contributed by atoms with Gasteiger partial charge in [0.1, 0.15) is 0 Å². The predicted octanol–water partition coefficient (Wildman–Crippen LogP) is 2.53. The van der Waals surface area contributed by atoms with Gasteiger partial charge in [0.2, 0.25) is 0 Å². The molecule has 4 rings (SSSR count). The van der Waals surface area contributed by atoms with Crippen LogP contribution in [0.4, 0.5) is 0 Å². The van der Waals surface area contributed by atoms with Gasteiger partial charge in [-0.3, -0.25) is 14.2 Å². The third kappa shape index (κ3) is 3.20. The SMILES string of the molecule is O=C(C(c1ccccc1)n1cccn1)N1CCCC(n2cccn2)C1. The van der Waals surface area contributed by atoms with Crippen molar-refractivity contribution in [3.05, 3.63) is 72.8 Å². The third-order valence-electron chi connectivity index (χ3n) is 4.75. The number of nitrogens with zero attached hydrogens (tertiary/aromatic N) is 5. The standard InChI is InChI=1S/C19H21N5O/c25-19(22-12-4-9-17(15-22)23-13-5-10-20-23)18(24-14-6-11-21-24)16-7-2-1-3-8-16/h1-3,5-8,10-11,13-14,17-18H,4,9,12,15H2. The Labute approximate surface area is 146 Å². The van der Waals surface area contributed by atoms with Crippen LogP contribution in [-0.4, -0.2) is 43.5 Å². The zero-order valence-electron chi connectivity index (χ0n) is 14.0. The Morgan fingerprint density at radius 1 is 1.04 bits per heavy atom. The molecule has 0 saturated carbocycles. The number of hydrogen-bond donors (Lipinski definition) is 0. The van der Waals surface area contributed by atoms with Crippen LogP contribution >= 0.6 is 0 Å². The molecule has 1 amide bonds. The maximum atomic E-state index is 13.3. The van der Waals surface area contributed by atoms with Gasteiger partial charge in [-0.1, -0.05) is 30.3 Å². The normalized spacial score (nSPS) is 18.9. The predicted molar refractivity (Wildman–Crippen MR) is 93.9 cm³/mol. The van der Waals surface area contributed by atoms with Gasteiger partial charge < -0.3 is 4.90 Å². The van der Waals surface area contributed by atoms with Crippen LogP contribution in [-0.2, 0) is 4.79 Å². The van der Waals surface area contributed by atoms with Crippen molar-refractivity contribution in [2.45, 2.75) is 24.9 Å². The molecule has 1 aromatic carbocycles. The van der Waals surface area contributed by atoms with E-state index < -0.39 is 6.04 Å². The Kier molecular flexibility index (Phi) is 4.33. The molecule has 2 aromatic heterocycles. The van der Waals surface area contributed by atoms with Crippen LogP contribution in [0.1, 0.15) is 30.5 Å². The van der Waals surface area contributed by atoms with Gasteiger partial charge in [-0.2, -0.15) is 10.2 Å². The topological polar surface area (TPSA) is 56.0 Å². The van der Waals surface area contributed by atoms with Crippen molar-refractivity contribution in [2.24, 2.45) is 0 Å². The van der Waals surface area contributed by atoms with Crippen LogP contribution in [0.3, 0.4) is 0 Å². The van der Waals surface area contributed by atoms with Crippen LogP contribution in [0.5, 0.6) is 0 Å². The number of hydrogen-bond acceptors (Lipinski definition) is 3. The van der Waals surface area contributed by atoms with Crippen molar-refractivity contribution in [3.63, 3.8) is 0 Å². The Hall–Kier alpha value is -2.89. The molecule has 3 aromatic rings. The van der Waals surface area contributed by atoms with Crippen LogP contribution in [0.2, 0.25) is 0 Å². The van der Waals surface area contributed by atoms with Crippen LogP contribution < -0.4 is 0 Å². The Morgan fingerprint density at radius 2 is 1.84 bits per heavy atom. The van der Waals surface area contributed by atoms with E-state index in [9.17, 15) is 4.79 Å². The van der Waals surface area contributed by atoms with Crippen molar-refractivity contribution in [3.8, 4) is 0 Å². The summed E-state index contributed by atoms with van der Waals surface area (Å²) in [6.07, 6.45) is 9.36. The Balaban J connectivity index is 1.60. The van der Waals surface area contributed by atoms with E-state index in [-0.39, 0.29) is 11.9 Å². The highest BCUT2D eigenvalue weighted by atomic mass is 16.2. The first-order chi connectivity index (χ1) is 12.3. The number of amides is 1. The minimum Gasteiger partial charge on any atom is -0.338 e. The quantitative estimate of drug-likeness (QED) is 0.736. The van der Waals surface area contributed by atoms with E-state index in [4.69, 9.17) is 0 Å². The van der Waals surface area contributed by atoms with Gasteiger partial charge >= 0.3 is 0 Å². The van der Waals surface area contributed by atoms with E-state index in [0.29, 0.717) is 6.54 Å². The summed E-state index contributed by atoms with van der Waals surface area (Å²) in [4.78, 5) is 15.3. The van der Waals surface area contributed by atoms with E-state index in [0.717, 1.165) is 24.9 Å². The second-order valence-electron chi connectivity index (χ2n) is 6.37. The zero-order chi connectivity index (χ0) is 17.1. The van der Waals surface area contributed by atoms with Crippen molar-refractivity contribution >= 4 is 5.91 Å². The average Bonchev–Trinajstić information content (AvgIpc) is 3.37.